The van der Waals surface area contributed by atoms with E-state index in [1.807, 2.05) is 18.8 Å². The van der Waals surface area contributed by atoms with E-state index in [2.05, 4.69) is 39.3 Å². The molecule has 1 atom stereocenters. The van der Waals surface area contributed by atoms with Crippen molar-refractivity contribution >= 4 is 15.9 Å². The minimum atomic E-state index is -0.220. The highest BCUT2D eigenvalue weighted by Crippen LogP contribution is 2.27. The van der Waals surface area contributed by atoms with Gasteiger partial charge in [-0.3, -0.25) is 4.68 Å². The van der Waals surface area contributed by atoms with Crippen LogP contribution in [0.15, 0.2) is 28.7 Å². The third-order valence-electron chi connectivity index (χ3n) is 3.48. The number of benzene rings is 1. The molecular weight excluding hydrogens is 321 g/mol. The molecule has 1 aromatic carbocycles. The molecule has 2 rings (SSSR count). The number of nitrogens with one attached hydrogen (secondary N) is 1. The second-order valence-corrected chi connectivity index (χ2v) is 5.67. The van der Waals surface area contributed by atoms with Crippen LogP contribution in [0.5, 0.6) is 0 Å². The summed E-state index contributed by atoms with van der Waals surface area (Å²) in [7, 11) is 3.83. The fraction of sp³-hybridized carbons (Fsp3) is 0.400. The molecule has 0 saturated carbocycles. The molecule has 0 fully saturated rings. The van der Waals surface area contributed by atoms with Gasteiger partial charge in [0.05, 0.1) is 5.69 Å². The zero-order valence-corrected chi connectivity index (χ0v) is 13.5. The van der Waals surface area contributed by atoms with Crippen molar-refractivity contribution in [1.82, 2.24) is 15.1 Å². The third kappa shape index (κ3) is 3.27. The van der Waals surface area contributed by atoms with Crippen LogP contribution in [0, 0.1) is 5.82 Å². The van der Waals surface area contributed by atoms with Gasteiger partial charge in [0.15, 0.2) is 0 Å². The van der Waals surface area contributed by atoms with Crippen LogP contribution in [0.4, 0.5) is 4.39 Å². The summed E-state index contributed by atoms with van der Waals surface area (Å²) >= 11 is 3.49. The average molecular weight is 340 g/mol. The number of hydrogen-bond acceptors (Lipinski definition) is 2. The van der Waals surface area contributed by atoms with Gasteiger partial charge in [0.1, 0.15) is 5.82 Å². The van der Waals surface area contributed by atoms with E-state index in [4.69, 9.17) is 0 Å². The number of halogens is 2. The Labute approximate surface area is 127 Å². The second-order valence-electron chi connectivity index (χ2n) is 4.82. The largest absolute Gasteiger partial charge is 0.313 e. The Kier molecular flexibility index (Phi) is 4.94. The molecule has 3 nitrogen and oxygen atoms in total. The van der Waals surface area contributed by atoms with E-state index in [1.165, 1.54) is 6.07 Å². The van der Waals surface area contributed by atoms with Gasteiger partial charge in [-0.05, 0) is 43.3 Å². The highest BCUT2D eigenvalue weighted by molar-refractivity contribution is 9.10. The molecule has 0 aliphatic heterocycles. The van der Waals surface area contributed by atoms with Gasteiger partial charge in [-0.15, -0.1) is 0 Å². The van der Waals surface area contributed by atoms with Crippen molar-refractivity contribution in [1.29, 1.82) is 0 Å². The second kappa shape index (κ2) is 6.50. The lowest BCUT2D eigenvalue weighted by molar-refractivity contribution is 0.551. The summed E-state index contributed by atoms with van der Waals surface area (Å²) in [6.45, 7) is 2.09. The molecule has 1 heterocycles. The van der Waals surface area contributed by atoms with E-state index in [0.717, 1.165) is 34.3 Å². The number of likely N-dealkylation sites (N-methyl/N-ethyl adjacent to an activating group) is 1. The molecule has 2 aromatic rings. The molecule has 0 amide bonds. The van der Waals surface area contributed by atoms with Crippen LogP contribution in [0.25, 0.3) is 0 Å². The van der Waals surface area contributed by atoms with Gasteiger partial charge < -0.3 is 5.32 Å². The van der Waals surface area contributed by atoms with Gasteiger partial charge in [-0.1, -0.05) is 22.9 Å². The van der Waals surface area contributed by atoms with E-state index in [-0.39, 0.29) is 11.9 Å². The highest BCUT2D eigenvalue weighted by Gasteiger charge is 2.16. The zero-order valence-electron chi connectivity index (χ0n) is 12.0. The number of aromatic nitrogens is 2. The van der Waals surface area contributed by atoms with Crippen LogP contribution >= 0.6 is 15.9 Å². The highest BCUT2D eigenvalue weighted by atomic mass is 79.9. The molecule has 5 heteroatoms. The molecule has 1 aromatic heterocycles. The van der Waals surface area contributed by atoms with Crippen molar-refractivity contribution in [2.45, 2.75) is 25.8 Å². The molecule has 1 unspecified atom stereocenters. The molecule has 0 radical (unpaired) electrons. The quantitative estimate of drug-likeness (QED) is 0.904. The first-order valence-electron chi connectivity index (χ1n) is 6.69. The molecule has 1 N–H and O–H groups in total. The van der Waals surface area contributed by atoms with E-state index in [0.29, 0.717) is 0 Å². The molecule has 20 heavy (non-hydrogen) atoms. The molecule has 0 aliphatic carbocycles. The van der Waals surface area contributed by atoms with Crippen molar-refractivity contribution in [3.8, 4) is 0 Å². The Morgan fingerprint density at radius 2 is 2.15 bits per heavy atom. The van der Waals surface area contributed by atoms with Crippen molar-refractivity contribution in [3.63, 3.8) is 0 Å². The maximum absolute atomic E-state index is 13.5. The van der Waals surface area contributed by atoms with E-state index < -0.39 is 0 Å². The number of rotatable bonds is 5. The Bertz CT molecular complexity index is 595. The average Bonchev–Trinajstić information content (AvgIpc) is 2.79. The Hall–Kier alpha value is -1.20. The third-order valence-corrected chi connectivity index (χ3v) is 4.21. The molecule has 0 bridgehead atoms. The predicted molar refractivity (Wildman–Crippen MR) is 82.2 cm³/mol. The van der Waals surface area contributed by atoms with Crippen LogP contribution in [-0.2, 0) is 19.9 Å². The molecular formula is C15H19BrFN3. The molecule has 108 valence electrons. The summed E-state index contributed by atoms with van der Waals surface area (Å²) in [5, 5.41) is 7.70. The van der Waals surface area contributed by atoms with Crippen LogP contribution in [0.2, 0.25) is 0 Å². The Morgan fingerprint density at radius 3 is 2.75 bits per heavy atom. The summed E-state index contributed by atoms with van der Waals surface area (Å²) < 4.78 is 16.3. The van der Waals surface area contributed by atoms with Crippen LogP contribution < -0.4 is 5.32 Å². The Balaban J connectivity index is 2.28. The normalized spacial score (nSPS) is 12.7. The van der Waals surface area contributed by atoms with Crippen molar-refractivity contribution in [3.05, 3.63) is 51.5 Å². The van der Waals surface area contributed by atoms with E-state index >= 15 is 0 Å². The van der Waals surface area contributed by atoms with Gasteiger partial charge in [0, 0.05) is 29.7 Å². The maximum Gasteiger partial charge on any atom is 0.123 e. The maximum atomic E-state index is 13.5. The van der Waals surface area contributed by atoms with Gasteiger partial charge >= 0.3 is 0 Å². The summed E-state index contributed by atoms with van der Waals surface area (Å²) in [4.78, 5) is 0. The number of hydrogen-bond donors (Lipinski definition) is 1. The number of nitrogens with zero attached hydrogens (tertiary/aromatic N) is 2. The topological polar surface area (TPSA) is 29.9 Å². The SMILES string of the molecule is CCc1cc(CC(NC)c2cc(F)ccc2Br)n(C)n1. The fourth-order valence-corrected chi connectivity index (χ4v) is 2.82. The van der Waals surface area contributed by atoms with Gasteiger partial charge in [0.25, 0.3) is 0 Å². The van der Waals surface area contributed by atoms with Gasteiger partial charge in [-0.2, -0.15) is 5.10 Å². The monoisotopic (exact) mass is 339 g/mol. The van der Waals surface area contributed by atoms with E-state index in [1.54, 1.807) is 12.1 Å². The fourth-order valence-electron chi connectivity index (χ4n) is 2.29. The summed E-state index contributed by atoms with van der Waals surface area (Å²) in [5.41, 5.74) is 3.14. The number of aryl methyl sites for hydroxylation is 2. The van der Waals surface area contributed by atoms with Gasteiger partial charge in [-0.25, -0.2) is 4.39 Å². The summed E-state index contributed by atoms with van der Waals surface area (Å²) in [5.74, 6) is -0.220. The lowest BCUT2D eigenvalue weighted by atomic mass is 10.0. The molecule has 0 aliphatic rings. The predicted octanol–water partition coefficient (Wildman–Crippen LogP) is 3.39. The van der Waals surface area contributed by atoms with Gasteiger partial charge in [0.2, 0.25) is 0 Å². The zero-order chi connectivity index (χ0) is 14.7. The summed E-state index contributed by atoms with van der Waals surface area (Å²) in [6, 6.07) is 6.93. The lowest BCUT2D eigenvalue weighted by Gasteiger charge is -2.18. The molecule has 0 spiro atoms. The minimum absolute atomic E-state index is 0.0418. The van der Waals surface area contributed by atoms with E-state index in [9.17, 15) is 4.39 Å². The van der Waals surface area contributed by atoms with Crippen molar-refractivity contribution in [2.75, 3.05) is 7.05 Å². The lowest BCUT2D eigenvalue weighted by Crippen LogP contribution is -2.20. The van der Waals surface area contributed by atoms with Crippen molar-refractivity contribution < 1.29 is 4.39 Å². The molecule has 0 saturated heterocycles. The standard InChI is InChI=1S/C15H19BrFN3/c1-4-11-8-12(20(3)19-11)9-15(18-2)13-7-10(17)5-6-14(13)16/h5-8,15,18H,4,9H2,1-3H3. The smallest absolute Gasteiger partial charge is 0.123 e. The first-order valence-corrected chi connectivity index (χ1v) is 7.48. The summed E-state index contributed by atoms with van der Waals surface area (Å²) in [6.07, 6.45) is 1.68. The van der Waals surface area contributed by atoms with Crippen LogP contribution in [0.3, 0.4) is 0 Å². The first-order chi connectivity index (χ1) is 9.55. The Morgan fingerprint density at radius 1 is 1.40 bits per heavy atom. The first kappa shape index (κ1) is 15.2. The van der Waals surface area contributed by atoms with Crippen molar-refractivity contribution in [2.24, 2.45) is 7.05 Å². The minimum Gasteiger partial charge on any atom is -0.313 e. The van der Waals surface area contributed by atoms with Crippen LogP contribution in [0.1, 0.15) is 29.9 Å². The van der Waals surface area contributed by atoms with Crippen LogP contribution in [-0.4, -0.2) is 16.8 Å².